The number of thioether (sulfide) groups is 1. The largest absolute Gasteiger partial charge is 0.489 e. The highest BCUT2D eigenvalue weighted by Gasteiger charge is 2.27. The summed E-state index contributed by atoms with van der Waals surface area (Å²) in [7, 11) is -4.24. The van der Waals surface area contributed by atoms with Crippen LogP contribution in [0.15, 0.2) is 107 Å². The van der Waals surface area contributed by atoms with Crippen LogP contribution in [0.3, 0.4) is 0 Å². The van der Waals surface area contributed by atoms with Crippen molar-refractivity contribution in [3.8, 4) is 5.75 Å². The third kappa shape index (κ3) is 7.33. The lowest BCUT2D eigenvalue weighted by Gasteiger charge is -2.17. The minimum atomic E-state index is -4.24. The lowest BCUT2D eigenvalue weighted by atomic mass is 10.1. The lowest BCUT2D eigenvalue weighted by molar-refractivity contribution is -0.118. The minimum Gasteiger partial charge on any atom is -0.489 e. The molecule has 0 radical (unpaired) electrons. The van der Waals surface area contributed by atoms with Crippen molar-refractivity contribution in [2.75, 3.05) is 0 Å². The molecule has 1 amide bonds. The number of hydrogen-bond donors (Lipinski definition) is 2. The molecule has 0 aromatic heterocycles. The molecule has 0 aliphatic carbocycles. The van der Waals surface area contributed by atoms with Crippen LogP contribution in [-0.2, 0) is 21.4 Å². The van der Waals surface area contributed by atoms with Crippen LogP contribution >= 0.6 is 35.0 Å². The van der Waals surface area contributed by atoms with E-state index in [1.807, 2.05) is 0 Å². The Hall–Kier alpha value is -3.50. The Labute approximate surface area is 239 Å². The summed E-state index contributed by atoms with van der Waals surface area (Å²) in [5, 5.41) is 9.15. The van der Waals surface area contributed by atoms with Gasteiger partial charge in [0.05, 0.1) is 10.5 Å². The van der Waals surface area contributed by atoms with E-state index >= 15 is 0 Å². The zero-order valence-corrected chi connectivity index (χ0v) is 23.2. The number of halogens is 2. The van der Waals surface area contributed by atoms with Gasteiger partial charge in [-0.25, -0.2) is 17.9 Å². The van der Waals surface area contributed by atoms with E-state index in [1.165, 1.54) is 11.8 Å². The molecule has 0 saturated heterocycles. The van der Waals surface area contributed by atoms with Gasteiger partial charge >= 0.3 is 5.97 Å². The molecule has 200 valence electrons. The quantitative estimate of drug-likeness (QED) is 0.197. The highest BCUT2D eigenvalue weighted by Crippen LogP contribution is 2.37. The highest BCUT2D eigenvalue weighted by atomic mass is 35.5. The van der Waals surface area contributed by atoms with Crippen molar-refractivity contribution in [1.29, 1.82) is 0 Å². The van der Waals surface area contributed by atoms with Crippen molar-refractivity contribution >= 4 is 56.9 Å². The first kappa shape index (κ1) is 28.5. The average Bonchev–Trinajstić information content (AvgIpc) is 2.92. The molecule has 4 aromatic carbocycles. The number of carbonyl (C=O) groups excluding carboxylic acids is 1. The van der Waals surface area contributed by atoms with E-state index in [1.54, 1.807) is 72.8 Å². The summed E-state index contributed by atoms with van der Waals surface area (Å²) in [6, 6.07) is 25.6. The Morgan fingerprint density at radius 2 is 1.46 bits per heavy atom. The molecule has 0 bridgehead atoms. The molecule has 1 unspecified atom stereocenters. The maximum absolute atomic E-state index is 13.2. The van der Waals surface area contributed by atoms with E-state index in [9.17, 15) is 18.0 Å². The van der Waals surface area contributed by atoms with Crippen molar-refractivity contribution in [3.05, 3.63) is 124 Å². The Balaban J connectivity index is 1.49. The van der Waals surface area contributed by atoms with Crippen LogP contribution in [0.5, 0.6) is 5.75 Å². The monoisotopic (exact) mass is 601 g/mol. The number of aromatic carboxylic acids is 1. The average molecular weight is 603 g/mol. The van der Waals surface area contributed by atoms with Crippen molar-refractivity contribution in [2.24, 2.45) is 0 Å². The summed E-state index contributed by atoms with van der Waals surface area (Å²) >= 11 is 13.6. The van der Waals surface area contributed by atoms with Gasteiger partial charge < -0.3 is 9.84 Å². The van der Waals surface area contributed by atoms with Crippen LogP contribution in [0.2, 0.25) is 10.0 Å². The van der Waals surface area contributed by atoms with Crippen LogP contribution < -0.4 is 9.46 Å². The van der Waals surface area contributed by atoms with Crippen LogP contribution in [-0.4, -0.2) is 25.4 Å². The number of amides is 1. The third-order valence-corrected chi connectivity index (χ3v) is 8.85. The number of ether oxygens (including phenoxy) is 1. The number of carboxylic acid groups (broad SMARTS) is 1. The van der Waals surface area contributed by atoms with Crippen molar-refractivity contribution in [3.63, 3.8) is 0 Å². The second-order valence-electron chi connectivity index (χ2n) is 8.17. The van der Waals surface area contributed by atoms with Gasteiger partial charge in [0.1, 0.15) is 17.6 Å². The zero-order chi connectivity index (χ0) is 28.0. The summed E-state index contributed by atoms with van der Waals surface area (Å²) in [5.74, 6) is -1.38. The summed E-state index contributed by atoms with van der Waals surface area (Å²) in [5.41, 5.74) is 1.20. The zero-order valence-electron chi connectivity index (χ0n) is 20.1. The summed E-state index contributed by atoms with van der Waals surface area (Å²) in [6.07, 6.45) is 0. The van der Waals surface area contributed by atoms with E-state index in [4.69, 9.17) is 33.0 Å². The lowest BCUT2D eigenvalue weighted by Crippen LogP contribution is -2.33. The first-order valence-electron chi connectivity index (χ1n) is 11.4. The molecule has 7 nitrogen and oxygen atoms in total. The molecule has 1 atom stereocenters. The van der Waals surface area contributed by atoms with Gasteiger partial charge in [0.2, 0.25) is 0 Å². The molecular formula is C28H21Cl2NO6S2. The minimum absolute atomic E-state index is 0.0691. The molecule has 0 aliphatic rings. The van der Waals surface area contributed by atoms with Crippen LogP contribution in [0.25, 0.3) is 0 Å². The predicted octanol–water partition coefficient (Wildman–Crippen LogP) is 6.61. The highest BCUT2D eigenvalue weighted by molar-refractivity contribution is 8.00. The Bertz CT molecular complexity index is 1560. The van der Waals surface area contributed by atoms with Gasteiger partial charge in [0.15, 0.2) is 0 Å². The molecule has 0 aliphatic heterocycles. The second kappa shape index (κ2) is 12.6. The number of sulfonamides is 1. The van der Waals surface area contributed by atoms with E-state index in [-0.39, 0.29) is 17.1 Å². The normalized spacial score (nSPS) is 11.9. The number of benzene rings is 4. The van der Waals surface area contributed by atoms with E-state index in [2.05, 4.69) is 4.72 Å². The molecule has 2 N–H and O–H groups in total. The Morgan fingerprint density at radius 1 is 0.846 bits per heavy atom. The van der Waals surface area contributed by atoms with Gasteiger partial charge in [-0.1, -0.05) is 59.6 Å². The Morgan fingerprint density at radius 3 is 2.05 bits per heavy atom. The van der Waals surface area contributed by atoms with Crippen LogP contribution in [0, 0.1) is 0 Å². The van der Waals surface area contributed by atoms with Crippen molar-refractivity contribution in [1.82, 2.24) is 4.72 Å². The molecule has 11 heteroatoms. The molecule has 0 heterocycles. The van der Waals surface area contributed by atoms with Gasteiger partial charge in [-0.05, 0) is 66.2 Å². The van der Waals surface area contributed by atoms with Crippen molar-refractivity contribution < 1.29 is 27.9 Å². The fraction of sp³-hybridized carbons (Fsp3) is 0.0714. The topological polar surface area (TPSA) is 110 Å². The molecule has 4 rings (SSSR count). The maximum Gasteiger partial charge on any atom is 0.335 e. The number of carboxylic acids is 1. The van der Waals surface area contributed by atoms with Gasteiger partial charge in [0, 0.05) is 20.5 Å². The fourth-order valence-electron chi connectivity index (χ4n) is 3.50. The second-order valence-corrected chi connectivity index (χ2v) is 11.8. The fourth-order valence-corrected chi connectivity index (χ4v) is 6.10. The number of hydrogen-bond acceptors (Lipinski definition) is 6. The number of nitrogens with one attached hydrogen (secondary N) is 1. The van der Waals surface area contributed by atoms with Gasteiger partial charge in [-0.15, -0.1) is 11.8 Å². The third-order valence-electron chi connectivity index (χ3n) is 5.51. The molecule has 0 fully saturated rings. The van der Waals surface area contributed by atoms with Gasteiger partial charge in [0.25, 0.3) is 15.9 Å². The number of carbonyl (C=O) groups is 2. The SMILES string of the molecule is O=C(O)c1ccc(S(=O)(=O)NC(=O)C(Sc2ccc(OCc3c(Cl)cccc3Cl)cc2)c2ccccc2)cc1. The molecule has 4 aromatic rings. The van der Waals surface area contributed by atoms with Crippen LogP contribution in [0.4, 0.5) is 0 Å². The van der Waals surface area contributed by atoms with E-state index in [0.717, 1.165) is 24.3 Å². The first-order chi connectivity index (χ1) is 18.6. The Kier molecular flexibility index (Phi) is 9.19. The summed E-state index contributed by atoms with van der Waals surface area (Å²) in [4.78, 5) is 24.8. The van der Waals surface area contributed by atoms with Crippen LogP contribution in [0.1, 0.15) is 26.7 Å². The van der Waals surface area contributed by atoms with Crippen molar-refractivity contribution in [2.45, 2.75) is 21.6 Å². The first-order valence-corrected chi connectivity index (χ1v) is 14.5. The molecule has 39 heavy (non-hydrogen) atoms. The molecule has 0 saturated carbocycles. The molecule has 0 spiro atoms. The van der Waals surface area contributed by atoms with Gasteiger partial charge in [-0.3, -0.25) is 4.79 Å². The van der Waals surface area contributed by atoms with Gasteiger partial charge in [-0.2, -0.15) is 0 Å². The molecular weight excluding hydrogens is 581 g/mol. The standard InChI is InChI=1S/C28H21Cl2NO6S2/c29-24-7-4-8-25(30)23(24)17-37-20-11-13-21(14-12-20)38-26(18-5-2-1-3-6-18)27(32)31-39(35,36)22-15-9-19(10-16-22)28(33)34/h1-16,26H,17H2,(H,31,32)(H,33,34). The predicted molar refractivity (Wildman–Crippen MR) is 151 cm³/mol. The maximum atomic E-state index is 13.2. The summed E-state index contributed by atoms with van der Waals surface area (Å²) in [6.45, 7) is 0.172. The van der Waals surface area contributed by atoms with E-state index < -0.39 is 27.1 Å². The number of rotatable bonds is 10. The van der Waals surface area contributed by atoms with E-state index in [0.29, 0.717) is 31.8 Å². The smallest absolute Gasteiger partial charge is 0.335 e. The summed E-state index contributed by atoms with van der Waals surface area (Å²) < 4.78 is 33.7.